The number of benzene rings is 1. The van der Waals surface area contributed by atoms with E-state index in [1.807, 2.05) is 6.07 Å². The number of hydrogen-bond acceptors (Lipinski definition) is 4. The number of carbonyl (C=O) groups is 1. The summed E-state index contributed by atoms with van der Waals surface area (Å²) in [5.74, 6) is 0.121. The lowest BCUT2D eigenvalue weighted by Gasteiger charge is -2.07. The normalized spacial score (nSPS) is 11.4. The van der Waals surface area contributed by atoms with Gasteiger partial charge in [-0.2, -0.15) is 5.26 Å². The van der Waals surface area contributed by atoms with Crippen LogP contribution in [0.2, 0.25) is 0 Å². The standard InChI is InChI=1S/C12H11BrN2O2/c1-8(15)9(6-14)11(16)7-17-12-5-3-2-4-10(12)13/h2-5H,7,15H2,1H3/b9-8+. The van der Waals surface area contributed by atoms with Gasteiger partial charge in [-0.15, -0.1) is 0 Å². The molecule has 0 aliphatic rings. The van der Waals surface area contributed by atoms with Crippen molar-refractivity contribution in [1.82, 2.24) is 0 Å². The molecular weight excluding hydrogens is 284 g/mol. The highest BCUT2D eigenvalue weighted by molar-refractivity contribution is 9.10. The Balaban J connectivity index is 2.71. The van der Waals surface area contributed by atoms with Crippen LogP contribution < -0.4 is 10.5 Å². The zero-order valence-electron chi connectivity index (χ0n) is 9.24. The second-order valence-electron chi connectivity index (χ2n) is 3.31. The maximum Gasteiger partial charge on any atom is 0.212 e. The summed E-state index contributed by atoms with van der Waals surface area (Å²) in [7, 11) is 0. The minimum atomic E-state index is -0.428. The summed E-state index contributed by atoms with van der Waals surface area (Å²) in [5, 5.41) is 8.75. The fourth-order valence-electron chi connectivity index (χ4n) is 1.15. The van der Waals surface area contributed by atoms with Gasteiger partial charge in [0.2, 0.25) is 5.78 Å². The minimum absolute atomic E-state index is 0.0583. The summed E-state index contributed by atoms with van der Waals surface area (Å²) < 4.78 is 6.04. The second kappa shape index (κ2) is 6.06. The first kappa shape index (κ1) is 13.3. The molecule has 0 saturated heterocycles. The van der Waals surface area contributed by atoms with E-state index in [0.29, 0.717) is 5.75 Å². The summed E-state index contributed by atoms with van der Waals surface area (Å²) in [6, 6.07) is 8.92. The zero-order chi connectivity index (χ0) is 12.8. The lowest BCUT2D eigenvalue weighted by Crippen LogP contribution is -2.16. The molecule has 0 aliphatic carbocycles. The van der Waals surface area contributed by atoms with Crippen molar-refractivity contribution >= 4 is 21.7 Å². The number of para-hydroxylation sites is 1. The Morgan fingerprint density at radius 1 is 1.53 bits per heavy atom. The van der Waals surface area contributed by atoms with Crippen LogP contribution in [0, 0.1) is 11.3 Å². The van der Waals surface area contributed by atoms with Crippen molar-refractivity contribution < 1.29 is 9.53 Å². The van der Waals surface area contributed by atoms with Crippen LogP contribution in [0.1, 0.15) is 6.92 Å². The van der Waals surface area contributed by atoms with Crippen LogP contribution in [0.25, 0.3) is 0 Å². The molecule has 5 heteroatoms. The van der Waals surface area contributed by atoms with Crippen molar-refractivity contribution in [2.75, 3.05) is 6.61 Å². The fourth-order valence-corrected chi connectivity index (χ4v) is 1.55. The van der Waals surface area contributed by atoms with Crippen LogP contribution in [0.5, 0.6) is 5.75 Å². The molecule has 0 aromatic heterocycles. The monoisotopic (exact) mass is 294 g/mol. The molecule has 0 fully saturated rings. The van der Waals surface area contributed by atoms with Crippen molar-refractivity contribution in [2.24, 2.45) is 5.73 Å². The highest BCUT2D eigenvalue weighted by atomic mass is 79.9. The maximum atomic E-state index is 11.6. The molecule has 1 aromatic rings. The topological polar surface area (TPSA) is 76.1 Å². The number of ketones is 1. The van der Waals surface area contributed by atoms with Crippen LogP contribution in [0.3, 0.4) is 0 Å². The molecule has 0 amide bonds. The van der Waals surface area contributed by atoms with Crippen LogP contribution in [-0.2, 0) is 4.79 Å². The summed E-state index contributed by atoms with van der Waals surface area (Å²) in [5.41, 5.74) is 5.56. The molecule has 2 N–H and O–H groups in total. The first-order chi connectivity index (χ1) is 8.06. The number of nitrogens with zero attached hydrogens (tertiary/aromatic N) is 1. The first-order valence-corrected chi connectivity index (χ1v) is 5.62. The van der Waals surface area contributed by atoms with E-state index in [4.69, 9.17) is 15.7 Å². The van der Waals surface area contributed by atoms with E-state index >= 15 is 0 Å². The van der Waals surface area contributed by atoms with Crippen LogP contribution >= 0.6 is 15.9 Å². The van der Waals surface area contributed by atoms with Crippen molar-refractivity contribution in [2.45, 2.75) is 6.92 Å². The summed E-state index contributed by atoms with van der Waals surface area (Å²) >= 11 is 3.29. The van der Waals surface area contributed by atoms with E-state index in [0.717, 1.165) is 4.47 Å². The maximum absolute atomic E-state index is 11.6. The van der Waals surface area contributed by atoms with Crippen molar-refractivity contribution in [1.29, 1.82) is 5.26 Å². The van der Waals surface area contributed by atoms with Gasteiger partial charge in [-0.25, -0.2) is 0 Å². The Morgan fingerprint density at radius 3 is 2.71 bits per heavy atom. The largest absolute Gasteiger partial charge is 0.484 e. The van der Waals surface area contributed by atoms with Crippen LogP contribution in [0.4, 0.5) is 0 Å². The van der Waals surface area contributed by atoms with Gasteiger partial charge < -0.3 is 10.5 Å². The van der Waals surface area contributed by atoms with Crippen LogP contribution in [-0.4, -0.2) is 12.4 Å². The fraction of sp³-hybridized carbons (Fsp3) is 0.167. The van der Waals surface area contributed by atoms with Crippen molar-refractivity contribution in [3.8, 4) is 11.8 Å². The molecule has 1 aromatic carbocycles. The number of nitriles is 1. The van der Waals surface area contributed by atoms with Crippen LogP contribution in [0.15, 0.2) is 40.0 Å². The molecule has 0 saturated carbocycles. The van der Waals surface area contributed by atoms with Gasteiger partial charge in [0, 0.05) is 5.70 Å². The van der Waals surface area contributed by atoms with Gasteiger partial charge in [-0.05, 0) is 35.0 Å². The predicted molar refractivity (Wildman–Crippen MR) is 67.1 cm³/mol. The lowest BCUT2D eigenvalue weighted by molar-refractivity contribution is -0.117. The summed E-state index contributed by atoms with van der Waals surface area (Å²) in [6.07, 6.45) is 0. The van der Waals surface area contributed by atoms with Gasteiger partial charge in [0.25, 0.3) is 0 Å². The smallest absolute Gasteiger partial charge is 0.212 e. The third kappa shape index (κ3) is 3.61. The van der Waals surface area contributed by atoms with E-state index in [9.17, 15) is 4.79 Å². The molecule has 0 heterocycles. The third-order valence-corrected chi connectivity index (χ3v) is 2.64. The molecule has 0 unspecified atom stereocenters. The molecule has 0 spiro atoms. The highest BCUT2D eigenvalue weighted by Crippen LogP contribution is 2.23. The number of nitrogens with two attached hydrogens (primary N) is 1. The summed E-state index contributed by atoms with van der Waals surface area (Å²) in [4.78, 5) is 11.6. The van der Waals surface area contributed by atoms with Gasteiger partial charge in [-0.3, -0.25) is 4.79 Å². The van der Waals surface area contributed by atoms with Gasteiger partial charge in [-0.1, -0.05) is 12.1 Å². The molecule has 1 rings (SSSR count). The van der Waals surface area contributed by atoms with E-state index in [2.05, 4.69) is 15.9 Å². The number of rotatable bonds is 4. The average Bonchev–Trinajstić information content (AvgIpc) is 2.28. The van der Waals surface area contributed by atoms with Gasteiger partial charge in [0.15, 0.2) is 6.61 Å². The highest BCUT2D eigenvalue weighted by Gasteiger charge is 2.12. The third-order valence-electron chi connectivity index (χ3n) is 1.98. The molecule has 0 aliphatic heterocycles. The molecule has 0 bridgehead atoms. The molecule has 0 radical (unpaired) electrons. The van der Waals surface area contributed by atoms with E-state index < -0.39 is 5.78 Å². The van der Waals surface area contributed by atoms with Gasteiger partial charge in [0.05, 0.1) is 4.47 Å². The Hall–Kier alpha value is -1.80. The minimum Gasteiger partial charge on any atom is -0.484 e. The SMILES string of the molecule is C/C(N)=C(/C#N)C(=O)COc1ccccc1Br. The molecule has 88 valence electrons. The Kier molecular flexibility index (Phi) is 4.73. The lowest BCUT2D eigenvalue weighted by atomic mass is 10.1. The second-order valence-corrected chi connectivity index (χ2v) is 4.17. The Labute approximate surface area is 108 Å². The molecule has 0 atom stereocenters. The Bertz CT molecular complexity index is 499. The first-order valence-electron chi connectivity index (χ1n) is 4.83. The van der Waals surface area contributed by atoms with Gasteiger partial charge in [0.1, 0.15) is 17.4 Å². The Morgan fingerprint density at radius 2 is 2.18 bits per heavy atom. The van der Waals surface area contributed by atoms with Crippen molar-refractivity contribution in [3.63, 3.8) is 0 Å². The number of ether oxygens (including phenoxy) is 1. The van der Waals surface area contributed by atoms with Crippen molar-refractivity contribution in [3.05, 3.63) is 40.0 Å². The number of allylic oxidation sites excluding steroid dienone is 1. The van der Waals surface area contributed by atoms with E-state index in [1.165, 1.54) is 6.92 Å². The zero-order valence-corrected chi connectivity index (χ0v) is 10.8. The summed E-state index contributed by atoms with van der Waals surface area (Å²) in [6.45, 7) is 1.30. The molecule has 4 nitrogen and oxygen atoms in total. The van der Waals surface area contributed by atoms with Gasteiger partial charge >= 0.3 is 0 Å². The predicted octanol–water partition coefficient (Wildman–Crippen LogP) is 2.15. The number of hydrogen-bond donors (Lipinski definition) is 1. The quantitative estimate of drug-likeness (QED) is 0.682. The number of halogens is 1. The van der Waals surface area contributed by atoms with E-state index in [1.54, 1.807) is 24.3 Å². The number of carbonyl (C=O) groups excluding carboxylic acids is 1. The molecule has 17 heavy (non-hydrogen) atoms. The average molecular weight is 295 g/mol. The van der Waals surface area contributed by atoms with E-state index in [-0.39, 0.29) is 17.9 Å². The molecular formula is C12H11BrN2O2. The number of Topliss-reactive ketones (excluding diaryl/α,β-unsaturated/α-hetero) is 1.